The molecule has 0 aromatic heterocycles. The summed E-state index contributed by atoms with van der Waals surface area (Å²) in [6.45, 7) is 0. The van der Waals surface area contributed by atoms with Crippen molar-refractivity contribution in [2.45, 2.75) is 0 Å². The molecule has 1 aliphatic carbocycles. The van der Waals surface area contributed by atoms with Crippen LogP contribution in [-0.4, -0.2) is 17.0 Å². The Labute approximate surface area is 107 Å². The van der Waals surface area contributed by atoms with Crippen molar-refractivity contribution >= 4 is 17.8 Å². The summed E-state index contributed by atoms with van der Waals surface area (Å²) in [6.07, 6.45) is 0.482. The molecule has 0 bridgehead atoms. The molecule has 0 radical (unpaired) electrons. The average molecular weight is 253 g/mol. The fourth-order valence-corrected chi connectivity index (χ4v) is 2.36. The molecule has 19 heavy (non-hydrogen) atoms. The highest BCUT2D eigenvalue weighted by atomic mass is 16.6. The molecule has 3 rings (SSSR count). The number of hydrogen-bond donors (Lipinski definition) is 0. The van der Waals surface area contributed by atoms with Crippen molar-refractivity contribution in [3.8, 4) is 11.1 Å². The number of nitro groups is 1. The first-order valence-electron chi connectivity index (χ1n) is 5.55. The van der Waals surface area contributed by atoms with Gasteiger partial charge in [0.2, 0.25) is 0 Å². The zero-order chi connectivity index (χ0) is 13.6. The number of carbonyl (C=O) groups excluding carboxylic acids is 2. The smallest absolute Gasteiger partial charge is 0.270 e. The predicted molar refractivity (Wildman–Crippen MR) is 67.4 cm³/mol. The van der Waals surface area contributed by atoms with E-state index in [1.807, 2.05) is 0 Å². The minimum absolute atomic E-state index is 0.0606. The third kappa shape index (κ3) is 1.48. The SMILES string of the molecule is O=Cc1cc([N+](=O)[O-])cc2c1C(=O)c1ccccc1-2. The highest BCUT2D eigenvalue weighted by molar-refractivity contribution is 6.24. The Balaban J connectivity index is 2.39. The zero-order valence-electron chi connectivity index (χ0n) is 9.62. The summed E-state index contributed by atoms with van der Waals surface area (Å²) in [5, 5.41) is 10.9. The second kappa shape index (κ2) is 3.84. The van der Waals surface area contributed by atoms with Gasteiger partial charge in [-0.1, -0.05) is 24.3 Å². The molecule has 0 aliphatic heterocycles. The van der Waals surface area contributed by atoms with E-state index in [0.717, 1.165) is 6.07 Å². The van der Waals surface area contributed by atoms with Gasteiger partial charge in [0, 0.05) is 34.4 Å². The Morgan fingerprint density at radius 1 is 1.05 bits per heavy atom. The summed E-state index contributed by atoms with van der Waals surface area (Å²) in [4.78, 5) is 33.6. The first-order chi connectivity index (χ1) is 9.13. The normalized spacial score (nSPS) is 11.9. The lowest BCUT2D eigenvalue weighted by Gasteiger charge is -2.02. The molecule has 0 spiro atoms. The molecule has 0 saturated carbocycles. The lowest BCUT2D eigenvalue weighted by molar-refractivity contribution is -0.384. The van der Waals surface area contributed by atoms with Crippen LogP contribution in [0.15, 0.2) is 36.4 Å². The summed E-state index contributed by atoms with van der Waals surface area (Å²) in [5.74, 6) is -0.261. The number of carbonyl (C=O) groups is 2. The van der Waals surface area contributed by atoms with E-state index < -0.39 is 4.92 Å². The fourth-order valence-electron chi connectivity index (χ4n) is 2.36. The molecule has 0 saturated heterocycles. The van der Waals surface area contributed by atoms with Crippen LogP contribution in [0.3, 0.4) is 0 Å². The van der Waals surface area contributed by atoms with Crippen LogP contribution < -0.4 is 0 Å². The van der Waals surface area contributed by atoms with Gasteiger partial charge in [-0.3, -0.25) is 19.7 Å². The Morgan fingerprint density at radius 3 is 2.37 bits per heavy atom. The maximum absolute atomic E-state index is 12.2. The van der Waals surface area contributed by atoms with E-state index in [2.05, 4.69) is 0 Å². The number of hydrogen-bond acceptors (Lipinski definition) is 4. The van der Waals surface area contributed by atoms with Crippen molar-refractivity contribution < 1.29 is 14.5 Å². The van der Waals surface area contributed by atoms with Crippen LogP contribution in [0.4, 0.5) is 5.69 Å². The van der Waals surface area contributed by atoms with Gasteiger partial charge in [0.1, 0.15) is 0 Å². The zero-order valence-corrected chi connectivity index (χ0v) is 9.62. The molecule has 0 atom stereocenters. The first kappa shape index (κ1) is 11.3. The lowest BCUT2D eigenvalue weighted by atomic mass is 10.0. The number of nitro benzene ring substituents is 1. The molecular weight excluding hydrogens is 246 g/mol. The van der Waals surface area contributed by atoms with Crippen molar-refractivity contribution in [3.05, 3.63) is 63.2 Å². The topological polar surface area (TPSA) is 77.3 Å². The number of fused-ring (bicyclic) bond motifs is 3. The fraction of sp³-hybridized carbons (Fsp3) is 0. The van der Waals surface area contributed by atoms with Gasteiger partial charge in [0.15, 0.2) is 12.1 Å². The largest absolute Gasteiger partial charge is 0.298 e. The maximum Gasteiger partial charge on any atom is 0.270 e. The van der Waals surface area contributed by atoms with Gasteiger partial charge in [-0.15, -0.1) is 0 Å². The Morgan fingerprint density at radius 2 is 1.74 bits per heavy atom. The first-order valence-corrected chi connectivity index (χ1v) is 5.55. The molecule has 5 nitrogen and oxygen atoms in total. The van der Waals surface area contributed by atoms with Gasteiger partial charge in [-0.25, -0.2) is 0 Å². The van der Waals surface area contributed by atoms with Crippen LogP contribution in [0.25, 0.3) is 11.1 Å². The third-order valence-electron chi connectivity index (χ3n) is 3.18. The maximum atomic E-state index is 12.2. The van der Waals surface area contributed by atoms with Crippen molar-refractivity contribution in [2.24, 2.45) is 0 Å². The van der Waals surface area contributed by atoms with E-state index in [0.29, 0.717) is 23.0 Å². The van der Waals surface area contributed by atoms with E-state index in [4.69, 9.17) is 0 Å². The van der Waals surface area contributed by atoms with Gasteiger partial charge >= 0.3 is 0 Å². The third-order valence-corrected chi connectivity index (χ3v) is 3.18. The van der Waals surface area contributed by atoms with Crippen LogP contribution in [0.2, 0.25) is 0 Å². The van der Waals surface area contributed by atoms with Crippen molar-refractivity contribution in [1.29, 1.82) is 0 Å². The van der Waals surface area contributed by atoms with E-state index in [9.17, 15) is 19.7 Å². The second-order valence-electron chi connectivity index (χ2n) is 4.21. The van der Waals surface area contributed by atoms with Crippen LogP contribution in [0.1, 0.15) is 26.3 Å². The van der Waals surface area contributed by atoms with Crippen molar-refractivity contribution in [2.75, 3.05) is 0 Å². The Hall–Kier alpha value is -2.82. The van der Waals surface area contributed by atoms with Crippen molar-refractivity contribution in [1.82, 2.24) is 0 Å². The average Bonchev–Trinajstić information content (AvgIpc) is 2.72. The van der Waals surface area contributed by atoms with Gasteiger partial charge < -0.3 is 0 Å². The molecule has 0 heterocycles. The molecule has 0 amide bonds. The second-order valence-corrected chi connectivity index (χ2v) is 4.21. The number of non-ortho nitro benzene ring substituents is 1. The quantitative estimate of drug-likeness (QED) is 0.399. The lowest BCUT2D eigenvalue weighted by Crippen LogP contribution is -2.01. The molecule has 0 fully saturated rings. The Kier molecular flexibility index (Phi) is 2.28. The molecule has 2 aromatic rings. The number of ketones is 1. The number of nitrogens with zero attached hydrogens (tertiary/aromatic N) is 1. The van der Waals surface area contributed by atoms with E-state index >= 15 is 0 Å². The molecular formula is C14H7NO4. The van der Waals surface area contributed by atoms with E-state index in [-0.39, 0.29) is 22.6 Å². The van der Waals surface area contributed by atoms with Gasteiger partial charge in [0.05, 0.1) is 4.92 Å². The minimum atomic E-state index is -0.571. The van der Waals surface area contributed by atoms with Gasteiger partial charge in [0.25, 0.3) is 5.69 Å². The molecule has 0 unspecified atom stereocenters. The summed E-state index contributed by atoms with van der Waals surface area (Å²) < 4.78 is 0. The standard InChI is InChI=1S/C14H7NO4/c16-7-8-5-9(15(18)19)6-12-10-3-1-2-4-11(10)14(17)13(8)12/h1-7H. The number of rotatable bonds is 2. The Bertz CT molecular complexity index is 749. The van der Waals surface area contributed by atoms with Crippen LogP contribution in [0, 0.1) is 10.1 Å². The number of benzene rings is 2. The van der Waals surface area contributed by atoms with Crippen LogP contribution in [-0.2, 0) is 0 Å². The summed E-state index contributed by atoms with van der Waals surface area (Å²) in [6, 6.07) is 9.31. The highest BCUT2D eigenvalue weighted by Gasteiger charge is 2.31. The highest BCUT2D eigenvalue weighted by Crippen LogP contribution is 2.39. The molecule has 92 valence electrons. The summed E-state index contributed by atoms with van der Waals surface area (Å²) in [5.41, 5.74) is 1.69. The number of aldehydes is 1. The summed E-state index contributed by atoms with van der Waals surface area (Å²) >= 11 is 0. The molecule has 5 heteroatoms. The molecule has 2 aromatic carbocycles. The van der Waals surface area contributed by atoms with E-state index in [1.54, 1.807) is 24.3 Å². The molecule has 1 aliphatic rings. The van der Waals surface area contributed by atoms with Crippen molar-refractivity contribution in [3.63, 3.8) is 0 Å². The van der Waals surface area contributed by atoms with E-state index in [1.165, 1.54) is 6.07 Å². The van der Waals surface area contributed by atoms with Gasteiger partial charge in [-0.05, 0) is 5.56 Å². The van der Waals surface area contributed by atoms with Gasteiger partial charge in [-0.2, -0.15) is 0 Å². The molecule has 0 N–H and O–H groups in total. The minimum Gasteiger partial charge on any atom is -0.298 e. The van der Waals surface area contributed by atoms with Crippen LogP contribution in [0.5, 0.6) is 0 Å². The predicted octanol–water partition coefficient (Wildman–Crippen LogP) is 2.62. The summed E-state index contributed by atoms with van der Waals surface area (Å²) in [7, 11) is 0. The monoisotopic (exact) mass is 253 g/mol. The van der Waals surface area contributed by atoms with Crippen LogP contribution >= 0.6 is 0 Å².